The smallest absolute Gasteiger partial charge is 0.139 e. The van der Waals surface area contributed by atoms with E-state index in [1.807, 2.05) is 0 Å². The van der Waals surface area contributed by atoms with E-state index in [0.717, 1.165) is 18.7 Å². The van der Waals surface area contributed by atoms with Gasteiger partial charge in [0.25, 0.3) is 0 Å². The molecule has 0 aromatic heterocycles. The molecule has 2 saturated heterocycles. The van der Waals surface area contributed by atoms with Crippen LogP contribution in [0.5, 0.6) is 0 Å². The van der Waals surface area contributed by atoms with Crippen molar-refractivity contribution >= 4 is 17.4 Å². The number of alkyl halides is 1. The molecule has 0 aromatic rings. The molecule has 0 radical (unpaired) electrons. The zero-order chi connectivity index (χ0) is 15.6. The molecule has 3 heteroatoms. The minimum Gasteiger partial charge on any atom is -0.299 e. The van der Waals surface area contributed by atoms with Gasteiger partial charge in [-0.1, -0.05) is 45.4 Å². The number of unbranched alkanes of at least 4 members (excludes halogenated alkanes) is 3. The molecular weight excluding hydrogens is 294 g/mol. The Morgan fingerprint density at radius 3 is 2.77 bits per heavy atom. The van der Waals surface area contributed by atoms with Crippen molar-refractivity contribution in [3.05, 3.63) is 0 Å². The third-order valence-corrected chi connectivity index (χ3v) is 6.96. The first-order chi connectivity index (χ1) is 10.7. The number of carbonyl (C=O) groups excluding carboxylic acids is 1. The lowest BCUT2D eigenvalue weighted by atomic mass is 9.65. The SMILES string of the molecule is CCCCCC[C@H]1CC(=O)[C@@H]2CCCC[C@@]23CC[C@@H](CCl)N13. The standard InChI is InChI=1S/C19H32ClNO/c1-2-3-4-5-8-15-13-18(22)17-9-6-7-11-19(17)12-10-16(14-20)21(15)19/h15-17H,2-14H2,1H3/t15-,16-,17-,19+/m0/s1. The van der Waals surface area contributed by atoms with Crippen LogP contribution in [0.3, 0.4) is 0 Å². The summed E-state index contributed by atoms with van der Waals surface area (Å²) in [6.07, 6.45) is 14.5. The Hall–Kier alpha value is -0.0800. The second-order valence-electron chi connectivity index (χ2n) is 7.83. The third kappa shape index (κ3) is 2.86. The van der Waals surface area contributed by atoms with E-state index in [2.05, 4.69) is 11.8 Å². The summed E-state index contributed by atoms with van der Waals surface area (Å²) < 4.78 is 0. The fourth-order valence-electron chi connectivity index (χ4n) is 5.67. The van der Waals surface area contributed by atoms with E-state index in [1.54, 1.807) is 0 Å². The number of piperidine rings is 1. The molecule has 2 heterocycles. The van der Waals surface area contributed by atoms with Gasteiger partial charge in [-0.3, -0.25) is 9.69 Å². The van der Waals surface area contributed by atoms with Gasteiger partial charge in [0.05, 0.1) is 0 Å². The highest BCUT2D eigenvalue weighted by atomic mass is 35.5. The monoisotopic (exact) mass is 325 g/mol. The van der Waals surface area contributed by atoms with Crippen LogP contribution in [0.15, 0.2) is 0 Å². The van der Waals surface area contributed by atoms with Crippen molar-refractivity contribution in [2.45, 2.75) is 102 Å². The fourth-order valence-corrected chi connectivity index (χ4v) is 5.98. The summed E-state index contributed by atoms with van der Waals surface area (Å²) in [5.41, 5.74) is 0.197. The number of Topliss-reactive ketones (excluding diaryl/α,β-unsaturated/α-hetero) is 1. The van der Waals surface area contributed by atoms with Crippen LogP contribution in [-0.4, -0.2) is 34.2 Å². The van der Waals surface area contributed by atoms with Gasteiger partial charge in [-0.05, 0) is 32.1 Å². The van der Waals surface area contributed by atoms with E-state index < -0.39 is 0 Å². The summed E-state index contributed by atoms with van der Waals surface area (Å²) in [6.45, 7) is 2.26. The summed E-state index contributed by atoms with van der Waals surface area (Å²) in [5, 5.41) is 0. The molecule has 4 atom stereocenters. The minimum atomic E-state index is 0.197. The highest BCUT2D eigenvalue weighted by molar-refractivity contribution is 6.18. The molecular formula is C19H32ClNO. The van der Waals surface area contributed by atoms with Gasteiger partial charge in [-0.2, -0.15) is 0 Å². The first kappa shape index (κ1) is 16.8. The number of nitrogens with zero attached hydrogens (tertiary/aromatic N) is 1. The quantitative estimate of drug-likeness (QED) is 0.509. The van der Waals surface area contributed by atoms with Crippen molar-refractivity contribution < 1.29 is 4.79 Å². The maximum atomic E-state index is 12.8. The van der Waals surface area contributed by atoms with Gasteiger partial charge >= 0.3 is 0 Å². The molecule has 3 aliphatic rings. The molecule has 1 saturated carbocycles. The predicted molar refractivity (Wildman–Crippen MR) is 92.4 cm³/mol. The normalized spacial score (nSPS) is 38.8. The predicted octanol–water partition coefficient (Wildman–Crippen LogP) is 4.93. The third-order valence-electron chi connectivity index (χ3n) is 6.61. The Kier molecular flexibility index (Phi) is 5.50. The minimum absolute atomic E-state index is 0.197. The Morgan fingerprint density at radius 1 is 1.14 bits per heavy atom. The van der Waals surface area contributed by atoms with Gasteiger partial charge in [-0.15, -0.1) is 11.6 Å². The van der Waals surface area contributed by atoms with Crippen LogP contribution in [0.2, 0.25) is 0 Å². The zero-order valence-electron chi connectivity index (χ0n) is 14.2. The highest BCUT2D eigenvalue weighted by Gasteiger charge is 2.58. The Labute approximate surface area is 141 Å². The number of rotatable bonds is 6. The van der Waals surface area contributed by atoms with Gasteiger partial charge in [0.1, 0.15) is 5.78 Å². The maximum Gasteiger partial charge on any atom is 0.139 e. The van der Waals surface area contributed by atoms with Crippen molar-refractivity contribution in [1.82, 2.24) is 4.90 Å². The molecule has 2 aliphatic heterocycles. The molecule has 0 unspecified atom stereocenters. The number of ketones is 1. The molecule has 3 rings (SSSR count). The van der Waals surface area contributed by atoms with Crippen molar-refractivity contribution in [3.8, 4) is 0 Å². The Morgan fingerprint density at radius 2 is 2.00 bits per heavy atom. The van der Waals surface area contributed by atoms with Crippen LogP contribution in [0.4, 0.5) is 0 Å². The number of halogens is 1. The van der Waals surface area contributed by atoms with Gasteiger partial charge in [-0.25, -0.2) is 0 Å². The molecule has 0 amide bonds. The largest absolute Gasteiger partial charge is 0.299 e. The molecule has 1 spiro atoms. The molecule has 22 heavy (non-hydrogen) atoms. The molecule has 0 aromatic carbocycles. The van der Waals surface area contributed by atoms with Crippen molar-refractivity contribution in [1.29, 1.82) is 0 Å². The second kappa shape index (κ2) is 7.21. The van der Waals surface area contributed by atoms with Crippen LogP contribution in [0.1, 0.15) is 84.0 Å². The van der Waals surface area contributed by atoms with Crippen molar-refractivity contribution in [3.63, 3.8) is 0 Å². The Balaban J connectivity index is 1.77. The van der Waals surface area contributed by atoms with Crippen LogP contribution in [0, 0.1) is 5.92 Å². The number of carbonyl (C=O) groups is 1. The highest BCUT2D eigenvalue weighted by Crippen LogP contribution is 2.53. The molecule has 0 N–H and O–H groups in total. The van der Waals surface area contributed by atoms with Crippen molar-refractivity contribution in [2.24, 2.45) is 5.92 Å². The van der Waals surface area contributed by atoms with Crippen molar-refractivity contribution in [2.75, 3.05) is 5.88 Å². The number of hydrogen-bond donors (Lipinski definition) is 0. The van der Waals surface area contributed by atoms with E-state index in [1.165, 1.54) is 64.2 Å². The van der Waals surface area contributed by atoms with Gasteiger partial charge in [0.15, 0.2) is 0 Å². The van der Waals surface area contributed by atoms with Gasteiger partial charge in [0, 0.05) is 35.8 Å². The molecule has 0 bridgehead atoms. The lowest BCUT2D eigenvalue weighted by Crippen LogP contribution is -2.64. The summed E-state index contributed by atoms with van der Waals surface area (Å²) in [5.74, 6) is 1.64. The van der Waals surface area contributed by atoms with Gasteiger partial charge < -0.3 is 0 Å². The summed E-state index contributed by atoms with van der Waals surface area (Å²) in [6, 6.07) is 0.997. The van der Waals surface area contributed by atoms with E-state index in [-0.39, 0.29) is 5.54 Å². The summed E-state index contributed by atoms with van der Waals surface area (Å²) in [7, 11) is 0. The van der Waals surface area contributed by atoms with Crippen LogP contribution >= 0.6 is 11.6 Å². The van der Waals surface area contributed by atoms with Crippen LogP contribution in [-0.2, 0) is 4.79 Å². The zero-order valence-corrected chi connectivity index (χ0v) is 14.9. The van der Waals surface area contributed by atoms with Crippen LogP contribution in [0.25, 0.3) is 0 Å². The molecule has 2 nitrogen and oxygen atoms in total. The lowest BCUT2D eigenvalue weighted by molar-refractivity contribution is -0.142. The maximum absolute atomic E-state index is 12.8. The summed E-state index contributed by atoms with van der Waals surface area (Å²) >= 11 is 6.31. The summed E-state index contributed by atoms with van der Waals surface area (Å²) in [4.78, 5) is 15.6. The topological polar surface area (TPSA) is 20.3 Å². The molecule has 126 valence electrons. The molecule has 1 aliphatic carbocycles. The fraction of sp³-hybridized carbons (Fsp3) is 0.947. The second-order valence-corrected chi connectivity index (χ2v) is 8.14. The first-order valence-electron chi connectivity index (χ1n) is 9.60. The van der Waals surface area contributed by atoms with E-state index in [4.69, 9.17) is 11.6 Å². The van der Waals surface area contributed by atoms with Gasteiger partial charge in [0.2, 0.25) is 0 Å². The first-order valence-corrected chi connectivity index (χ1v) is 10.1. The molecule has 3 fully saturated rings. The van der Waals surface area contributed by atoms with E-state index in [0.29, 0.717) is 23.8 Å². The van der Waals surface area contributed by atoms with E-state index in [9.17, 15) is 4.79 Å². The van der Waals surface area contributed by atoms with E-state index >= 15 is 0 Å². The lowest BCUT2D eigenvalue weighted by Gasteiger charge is -2.55. The Bertz CT molecular complexity index is 399. The van der Waals surface area contributed by atoms with Crippen LogP contribution < -0.4 is 0 Å². The average Bonchev–Trinajstić information content (AvgIpc) is 2.90. The number of hydrogen-bond acceptors (Lipinski definition) is 2. The average molecular weight is 326 g/mol.